The van der Waals surface area contributed by atoms with Crippen LogP contribution in [0.2, 0.25) is 0 Å². The molecule has 3 rings (SSSR count). The van der Waals surface area contributed by atoms with Crippen molar-refractivity contribution in [2.45, 2.75) is 23.8 Å². The molecule has 1 aromatic heterocycles. The molecule has 2 aromatic carbocycles. The van der Waals surface area contributed by atoms with Crippen molar-refractivity contribution in [1.82, 2.24) is 15.2 Å². The van der Waals surface area contributed by atoms with Gasteiger partial charge in [-0.05, 0) is 30.4 Å². The molecule has 0 spiro atoms. The molecule has 0 aliphatic rings. The number of ether oxygens (including phenoxy) is 1. The first-order valence-electron chi connectivity index (χ1n) is 9.93. The summed E-state index contributed by atoms with van der Waals surface area (Å²) >= 11 is 0. The summed E-state index contributed by atoms with van der Waals surface area (Å²) in [6.07, 6.45) is 1.47. The first kappa shape index (κ1) is 23.9. The number of hydroxylamine groups is 1. The van der Waals surface area contributed by atoms with E-state index in [-0.39, 0.29) is 29.7 Å². The standard InChI is InChI=1S/C21H24N6O5S/c22-21(23)24-12-4-8-17(20(28)26-29)27-33(30,31)15-10-11-19(25-13-15)32-18-9-3-6-14-5-1-2-7-16(14)18/h1-3,5-7,9-11,13,17,27,29H,4,8,12H2,(H,26,28)(H4,22,23,24)/t17-/m1/s1. The number of hydrogen-bond acceptors (Lipinski definition) is 7. The van der Waals surface area contributed by atoms with Crippen LogP contribution in [0.15, 0.2) is 70.7 Å². The summed E-state index contributed by atoms with van der Waals surface area (Å²) < 4.78 is 33.5. The highest BCUT2D eigenvalue weighted by Gasteiger charge is 2.25. The van der Waals surface area contributed by atoms with E-state index in [4.69, 9.17) is 21.4 Å². The Bertz CT molecular complexity index is 1240. The van der Waals surface area contributed by atoms with Crippen LogP contribution >= 0.6 is 0 Å². The van der Waals surface area contributed by atoms with E-state index < -0.39 is 22.0 Å². The summed E-state index contributed by atoms with van der Waals surface area (Å²) in [6, 6.07) is 14.7. The summed E-state index contributed by atoms with van der Waals surface area (Å²) in [5, 5.41) is 10.8. The topological polar surface area (TPSA) is 182 Å². The van der Waals surface area contributed by atoms with E-state index in [0.29, 0.717) is 12.2 Å². The Morgan fingerprint density at radius 2 is 1.88 bits per heavy atom. The zero-order valence-corrected chi connectivity index (χ0v) is 18.3. The van der Waals surface area contributed by atoms with Gasteiger partial charge in [0.1, 0.15) is 16.7 Å². The van der Waals surface area contributed by atoms with Crippen LogP contribution in [0.1, 0.15) is 12.8 Å². The first-order chi connectivity index (χ1) is 15.8. The minimum atomic E-state index is -4.12. The fraction of sp³-hybridized carbons (Fsp3) is 0.190. The van der Waals surface area contributed by atoms with Gasteiger partial charge in [0.15, 0.2) is 5.96 Å². The highest BCUT2D eigenvalue weighted by molar-refractivity contribution is 7.89. The molecule has 3 aromatic rings. The number of rotatable bonds is 10. The highest BCUT2D eigenvalue weighted by atomic mass is 32.2. The van der Waals surface area contributed by atoms with E-state index in [1.807, 2.05) is 36.4 Å². The fourth-order valence-corrected chi connectivity index (χ4v) is 4.24. The quantitative estimate of drug-likeness (QED) is 0.0959. The van der Waals surface area contributed by atoms with E-state index in [2.05, 4.69) is 14.7 Å². The molecule has 0 saturated carbocycles. The zero-order valence-electron chi connectivity index (χ0n) is 17.5. The molecule has 1 heterocycles. The molecule has 0 bridgehead atoms. The molecule has 0 aliphatic heterocycles. The molecule has 0 radical (unpaired) electrons. The molecular weight excluding hydrogens is 448 g/mol. The molecule has 11 nitrogen and oxygen atoms in total. The maximum Gasteiger partial charge on any atom is 0.261 e. The normalized spacial score (nSPS) is 12.2. The SMILES string of the molecule is NC(N)=NCCC[C@@H](NS(=O)(=O)c1ccc(Oc2cccc3ccccc23)nc1)C(=O)NO. The number of nitrogens with one attached hydrogen (secondary N) is 2. The summed E-state index contributed by atoms with van der Waals surface area (Å²) in [7, 11) is -4.12. The van der Waals surface area contributed by atoms with Gasteiger partial charge in [-0.25, -0.2) is 18.9 Å². The molecule has 0 fully saturated rings. The van der Waals surface area contributed by atoms with Crippen LogP contribution in [0.25, 0.3) is 10.8 Å². The average molecular weight is 473 g/mol. The number of aliphatic imine (C=N–C) groups is 1. The van der Waals surface area contributed by atoms with Gasteiger partial charge in [-0.2, -0.15) is 4.72 Å². The van der Waals surface area contributed by atoms with Crippen LogP contribution in [0.5, 0.6) is 11.6 Å². The van der Waals surface area contributed by atoms with E-state index in [1.54, 1.807) is 6.07 Å². The third kappa shape index (κ3) is 6.38. The third-order valence-corrected chi connectivity index (χ3v) is 6.11. The van der Waals surface area contributed by atoms with Gasteiger partial charge in [0, 0.05) is 18.0 Å². The second kappa shape index (κ2) is 10.7. The Kier molecular flexibility index (Phi) is 7.77. The number of pyridine rings is 1. The van der Waals surface area contributed by atoms with E-state index >= 15 is 0 Å². The maximum atomic E-state index is 12.7. The second-order valence-electron chi connectivity index (χ2n) is 7.01. The lowest BCUT2D eigenvalue weighted by Gasteiger charge is -2.16. The number of guanidine groups is 1. The van der Waals surface area contributed by atoms with Gasteiger partial charge in [-0.1, -0.05) is 36.4 Å². The minimum absolute atomic E-state index is 0.0537. The van der Waals surface area contributed by atoms with Gasteiger partial charge in [-0.15, -0.1) is 0 Å². The molecule has 0 unspecified atom stereocenters. The summed E-state index contributed by atoms with van der Waals surface area (Å²) in [6.45, 7) is 0.195. The van der Waals surface area contributed by atoms with E-state index in [0.717, 1.165) is 17.0 Å². The van der Waals surface area contributed by atoms with Crippen LogP contribution in [0, 0.1) is 0 Å². The van der Waals surface area contributed by atoms with E-state index in [1.165, 1.54) is 17.6 Å². The largest absolute Gasteiger partial charge is 0.438 e. The maximum absolute atomic E-state index is 12.7. The van der Waals surface area contributed by atoms with Crippen molar-refractivity contribution in [3.63, 3.8) is 0 Å². The third-order valence-electron chi connectivity index (χ3n) is 4.65. The number of sulfonamides is 1. The lowest BCUT2D eigenvalue weighted by molar-refractivity contribution is -0.131. The number of aromatic nitrogens is 1. The number of carbonyl (C=O) groups excluding carboxylic acids is 1. The van der Waals surface area contributed by atoms with Crippen molar-refractivity contribution in [3.8, 4) is 11.6 Å². The lowest BCUT2D eigenvalue weighted by Crippen LogP contribution is -2.45. The Labute approximate surface area is 190 Å². The molecule has 33 heavy (non-hydrogen) atoms. The number of nitrogens with two attached hydrogens (primary N) is 2. The molecule has 0 saturated heterocycles. The van der Waals surface area contributed by atoms with Crippen molar-refractivity contribution in [2.75, 3.05) is 6.54 Å². The van der Waals surface area contributed by atoms with Crippen molar-refractivity contribution >= 4 is 32.7 Å². The van der Waals surface area contributed by atoms with Gasteiger partial charge in [-0.3, -0.25) is 15.0 Å². The Balaban J connectivity index is 1.72. The number of fused-ring (bicyclic) bond motifs is 1. The number of benzene rings is 2. The number of nitrogens with zero attached hydrogens (tertiary/aromatic N) is 2. The Hall–Kier alpha value is -3.74. The van der Waals surface area contributed by atoms with Gasteiger partial charge in [0.05, 0.1) is 6.20 Å². The zero-order chi connectivity index (χ0) is 23.8. The van der Waals surface area contributed by atoms with Crippen molar-refractivity contribution < 1.29 is 23.2 Å². The molecule has 12 heteroatoms. The number of carbonyl (C=O) groups is 1. The van der Waals surface area contributed by atoms with Crippen molar-refractivity contribution in [2.24, 2.45) is 16.5 Å². The first-order valence-corrected chi connectivity index (χ1v) is 11.4. The van der Waals surface area contributed by atoms with E-state index in [9.17, 15) is 13.2 Å². The smallest absolute Gasteiger partial charge is 0.261 e. The number of amides is 1. The summed E-state index contributed by atoms with van der Waals surface area (Å²) in [5.41, 5.74) is 11.9. The van der Waals surface area contributed by atoms with Crippen molar-refractivity contribution in [1.29, 1.82) is 0 Å². The van der Waals surface area contributed by atoms with Crippen LogP contribution in [0.4, 0.5) is 0 Å². The van der Waals surface area contributed by atoms with Gasteiger partial charge >= 0.3 is 0 Å². The van der Waals surface area contributed by atoms with Gasteiger partial charge < -0.3 is 16.2 Å². The average Bonchev–Trinajstić information content (AvgIpc) is 2.81. The van der Waals surface area contributed by atoms with Gasteiger partial charge in [0.2, 0.25) is 15.9 Å². The molecule has 1 amide bonds. The van der Waals surface area contributed by atoms with Crippen LogP contribution in [-0.2, 0) is 14.8 Å². The molecular formula is C21H24N6O5S. The fourth-order valence-electron chi connectivity index (χ4n) is 3.06. The highest BCUT2D eigenvalue weighted by Crippen LogP contribution is 2.29. The van der Waals surface area contributed by atoms with Crippen LogP contribution in [0.3, 0.4) is 0 Å². The molecule has 7 N–H and O–H groups in total. The predicted molar refractivity (Wildman–Crippen MR) is 122 cm³/mol. The second-order valence-corrected chi connectivity index (χ2v) is 8.72. The van der Waals surface area contributed by atoms with Crippen molar-refractivity contribution in [3.05, 3.63) is 60.8 Å². The molecule has 174 valence electrons. The number of hydrogen-bond donors (Lipinski definition) is 5. The molecule has 0 aliphatic carbocycles. The Morgan fingerprint density at radius 3 is 2.58 bits per heavy atom. The molecule has 1 atom stereocenters. The predicted octanol–water partition coefficient (Wildman–Crippen LogP) is 1.23. The summed E-state index contributed by atoms with van der Waals surface area (Å²) in [4.78, 5) is 19.6. The lowest BCUT2D eigenvalue weighted by atomic mass is 10.1. The summed E-state index contributed by atoms with van der Waals surface area (Å²) in [5.74, 6) is -0.246. The Morgan fingerprint density at radius 1 is 1.12 bits per heavy atom. The van der Waals surface area contributed by atoms with Gasteiger partial charge in [0.25, 0.3) is 5.91 Å². The minimum Gasteiger partial charge on any atom is -0.438 e. The van der Waals surface area contributed by atoms with Crippen LogP contribution in [-0.4, -0.2) is 43.1 Å². The monoisotopic (exact) mass is 472 g/mol. The van der Waals surface area contributed by atoms with Crippen LogP contribution < -0.4 is 26.4 Å².